The van der Waals surface area contributed by atoms with Gasteiger partial charge in [0.05, 0.1) is 10.7 Å². The summed E-state index contributed by atoms with van der Waals surface area (Å²) in [7, 11) is 3.69. The maximum Gasteiger partial charge on any atom is 0.225 e. The zero-order valence-electron chi connectivity index (χ0n) is 12.9. The molecule has 1 aromatic rings. The Morgan fingerprint density at radius 3 is 2.60 bits per heavy atom. The van der Waals surface area contributed by atoms with E-state index in [1.165, 1.54) is 10.7 Å². The van der Waals surface area contributed by atoms with Gasteiger partial charge in [0.2, 0.25) is 5.91 Å². The number of rotatable bonds is 4. The first-order chi connectivity index (χ1) is 9.47. The van der Waals surface area contributed by atoms with Crippen molar-refractivity contribution in [1.29, 1.82) is 0 Å². The van der Waals surface area contributed by atoms with E-state index < -0.39 is 0 Å². The maximum atomic E-state index is 11.9. The third kappa shape index (κ3) is 3.79. The second kappa shape index (κ2) is 6.68. The van der Waals surface area contributed by atoms with Crippen LogP contribution in [0, 0.1) is 5.92 Å². The number of hydrogen-bond donors (Lipinski definition) is 0. The number of piperidine rings is 1. The molecule has 0 aliphatic carbocycles. The summed E-state index contributed by atoms with van der Waals surface area (Å²) in [4.78, 5) is 20.8. The quantitative estimate of drug-likeness (QED) is 0.856. The van der Waals surface area contributed by atoms with Crippen LogP contribution in [0.25, 0.3) is 0 Å². The van der Waals surface area contributed by atoms with Crippen LogP contribution in [0.5, 0.6) is 0 Å². The number of thiazole rings is 1. The van der Waals surface area contributed by atoms with Crippen LogP contribution in [0.4, 0.5) is 0 Å². The maximum absolute atomic E-state index is 11.9. The third-order valence-electron chi connectivity index (χ3n) is 3.83. The van der Waals surface area contributed by atoms with E-state index in [1.54, 1.807) is 16.2 Å². The fraction of sp³-hybridized carbons (Fsp3) is 0.733. The zero-order valence-corrected chi connectivity index (χ0v) is 13.7. The fourth-order valence-corrected chi connectivity index (χ4v) is 3.42. The van der Waals surface area contributed by atoms with Crippen molar-refractivity contribution in [3.63, 3.8) is 0 Å². The minimum atomic E-state index is 0.211. The summed E-state index contributed by atoms with van der Waals surface area (Å²) in [6.07, 6.45) is 1.94. The molecular formula is C15H25N3OS. The van der Waals surface area contributed by atoms with Crippen LogP contribution in [0.3, 0.4) is 0 Å². The molecule has 112 valence electrons. The van der Waals surface area contributed by atoms with E-state index in [4.69, 9.17) is 0 Å². The smallest absolute Gasteiger partial charge is 0.225 e. The minimum Gasteiger partial charge on any atom is -0.349 e. The largest absolute Gasteiger partial charge is 0.349 e. The Labute approximate surface area is 125 Å². The van der Waals surface area contributed by atoms with E-state index in [9.17, 15) is 4.79 Å². The highest BCUT2D eigenvalue weighted by atomic mass is 32.1. The van der Waals surface area contributed by atoms with Gasteiger partial charge in [-0.15, -0.1) is 11.3 Å². The number of carbonyl (C=O) groups is 1. The summed E-state index contributed by atoms with van der Waals surface area (Å²) >= 11 is 1.76. The predicted molar refractivity (Wildman–Crippen MR) is 82.9 cm³/mol. The second-order valence-corrected chi connectivity index (χ2v) is 7.00. The van der Waals surface area contributed by atoms with Crippen LogP contribution in [-0.4, -0.2) is 47.9 Å². The van der Waals surface area contributed by atoms with Crippen molar-refractivity contribution < 1.29 is 4.79 Å². The number of nitrogens with zero attached hydrogens (tertiary/aromatic N) is 3. The Morgan fingerprint density at radius 2 is 2.10 bits per heavy atom. The highest BCUT2D eigenvalue weighted by molar-refractivity contribution is 7.09. The molecule has 1 aliphatic rings. The van der Waals surface area contributed by atoms with Gasteiger partial charge in [0.15, 0.2) is 0 Å². The Kier molecular flexibility index (Phi) is 5.16. The SMILES string of the molecule is CC(C)c1nc(CN2CCC(C(=O)N(C)C)CC2)cs1. The van der Waals surface area contributed by atoms with Gasteiger partial charge in [-0.3, -0.25) is 9.69 Å². The summed E-state index contributed by atoms with van der Waals surface area (Å²) in [5.41, 5.74) is 1.18. The van der Waals surface area contributed by atoms with E-state index >= 15 is 0 Å². The monoisotopic (exact) mass is 295 g/mol. The van der Waals surface area contributed by atoms with Crippen molar-refractivity contribution in [3.8, 4) is 0 Å². The normalized spacial score (nSPS) is 17.6. The molecule has 2 heterocycles. The van der Waals surface area contributed by atoms with Gasteiger partial charge >= 0.3 is 0 Å². The molecular weight excluding hydrogens is 270 g/mol. The highest BCUT2D eigenvalue weighted by Gasteiger charge is 2.26. The molecule has 1 fully saturated rings. The summed E-state index contributed by atoms with van der Waals surface area (Å²) in [6, 6.07) is 0. The molecule has 1 aliphatic heterocycles. The summed E-state index contributed by atoms with van der Waals surface area (Å²) in [5.74, 6) is 1.00. The molecule has 5 heteroatoms. The van der Waals surface area contributed by atoms with Gasteiger partial charge < -0.3 is 4.90 Å². The second-order valence-electron chi connectivity index (χ2n) is 6.11. The predicted octanol–water partition coefficient (Wildman–Crippen LogP) is 2.57. The van der Waals surface area contributed by atoms with Crippen LogP contribution < -0.4 is 0 Å². The lowest BCUT2D eigenvalue weighted by Crippen LogP contribution is -2.39. The molecule has 2 rings (SSSR count). The molecule has 0 bridgehead atoms. The lowest BCUT2D eigenvalue weighted by Gasteiger charge is -2.31. The van der Waals surface area contributed by atoms with Crippen molar-refractivity contribution in [2.45, 2.75) is 39.2 Å². The van der Waals surface area contributed by atoms with Crippen LogP contribution in [0.2, 0.25) is 0 Å². The van der Waals surface area contributed by atoms with Crippen molar-refractivity contribution in [1.82, 2.24) is 14.8 Å². The van der Waals surface area contributed by atoms with Gasteiger partial charge in [0.1, 0.15) is 0 Å². The Hall–Kier alpha value is -0.940. The lowest BCUT2D eigenvalue weighted by molar-refractivity contribution is -0.134. The van der Waals surface area contributed by atoms with E-state index in [0.717, 1.165) is 32.5 Å². The van der Waals surface area contributed by atoms with Gasteiger partial charge in [0, 0.05) is 37.9 Å². The first-order valence-electron chi connectivity index (χ1n) is 7.35. The van der Waals surface area contributed by atoms with Crippen LogP contribution in [0.15, 0.2) is 5.38 Å². The van der Waals surface area contributed by atoms with Crippen LogP contribution in [-0.2, 0) is 11.3 Å². The highest BCUT2D eigenvalue weighted by Crippen LogP contribution is 2.23. The van der Waals surface area contributed by atoms with Gasteiger partial charge in [-0.25, -0.2) is 4.98 Å². The first-order valence-corrected chi connectivity index (χ1v) is 8.23. The van der Waals surface area contributed by atoms with Gasteiger partial charge in [-0.2, -0.15) is 0 Å². The molecule has 0 aromatic carbocycles. The number of likely N-dealkylation sites (tertiary alicyclic amines) is 1. The van der Waals surface area contributed by atoms with Crippen molar-refractivity contribution in [2.24, 2.45) is 5.92 Å². The molecule has 1 amide bonds. The number of aromatic nitrogens is 1. The number of amides is 1. The Balaban J connectivity index is 1.83. The third-order valence-corrected chi connectivity index (χ3v) is 5.02. The molecule has 0 spiro atoms. The minimum absolute atomic E-state index is 0.211. The fourth-order valence-electron chi connectivity index (χ4n) is 2.59. The van der Waals surface area contributed by atoms with Crippen molar-refractivity contribution in [3.05, 3.63) is 16.1 Å². The molecule has 0 saturated carbocycles. The average molecular weight is 295 g/mol. The standard InChI is InChI=1S/C15H25N3OS/c1-11(2)14-16-13(10-20-14)9-18-7-5-12(6-8-18)15(19)17(3)4/h10-12H,5-9H2,1-4H3. The van der Waals surface area contributed by atoms with Gasteiger partial charge in [0.25, 0.3) is 0 Å². The van der Waals surface area contributed by atoms with E-state index in [0.29, 0.717) is 5.92 Å². The molecule has 1 aromatic heterocycles. The number of carbonyl (C=O) groups excluding carboxylic acids is 1. The van der Waals surface area contributed by atoms with E-state index in [-0.39, 0.29) is 11.8 Å². The van der Waals surface area contributed by atoms with Gasteiger partial charge in [-0.1, -0.05) is 13.8 Å². The number of hydrogen-bond acceptors (Lipinski definition) is 4. The summed E-state index contributed by atoms with van der Waals surface area (Å²) < 4.78 is 0. The first kappa shape index (κ1) is 15.4. The van der Waals surface area contributed by atoms with Crippen LogP contribution >= 0.6 is 11.3 Å². The van der Waals surface area contributed by atoms with E-state index in [1.807, 2.05) is 14.1 Å². The summed E-state index contributed by atoms with van der Waals surface area (Å²) in [5, 5.41) is 3.39. The molecule has 0 radical (unpaired) electrons. The van der Waals surface area contributed by atoms with Gasteiger partial charge in [-0.05, 0) is 25.9 Å². The van der Waals surface area contributed by atoms with E-state index in [2.05, 4.69) is 29.1 Å². The Morgan fingerprint density at radius 1 is 1.45 bits per heavy atom. The molecule has 0 N–H and O–H groups in total. The topological polar surface area (TPSA) is 36.4 Å². The van der Waals surface area contributed by atoms with Crippen molar-refractivity contribution in [2.75, 3.05) is 27.2 Å². The molecule has 0 atom stereocenters. The molecule has 20 heavy (non-hydrogen) atoms. The molecule has 1 saturated heterocycles. The zero-order chi connectivity index (χ0) is 14.7. The van der Waals surface area contributed by atoms with Crippen LogP contribution in [0.1, 0.15) is 43.3 Å². The molecule has 0 unspecified atom stereocenters. The Bertz CT molecular complexity index is 448. The lowest BCUT2D eigenvalue weighted by atomic mass is 9.95. The van der Waals surface area contributed by atoms with Crippen molar-refractivity contribution >= 4 is 17.2 Å². The summed E-state index contributed by atoms with van der Waals surface area (Å²) in [6.45, 7) is 7.28. The average Bonchev–Trinajstić information content (AvgIpc) is 2.87. The molecule has 4 nitrogen and oxygen atoms in total.